The molecule has 0 spiro atoms. The van der Waals surface area contributed by atoms with E-state index < -0.39 is 11.2 Å². The molecule has 0 saturated heterocycles. The number of hydrogen-bond acceptors (Lipinski definition) is 6. The lowest BCUT2D eigenvalue weighted by Crippen LogP contribution is -2.29. The Morgan fingerprint density at radius 2 is 2.47 bits per heavy atom. The van der Waals surface area contributed by atoms with Gasteiger partial charge in [-0.25, -0.2) is 0 Å². The number of rotatable bonds is 6. The van der Waals surface area contributed by atoms with Crippen molar-refractivity contribution in [3.05, 3.63) is 52.2 Å². The minimum absolute atomic E-state index is 0.255. The van der Waals surface area contributed by atoms with Gasteiger partial charge in [0.15, 0.2) is 12.0 Å². The van der Waals surface area contributed by atoms with Crippen molar-refractivity contribution in [1.82, 2.24) is 15.6 Å². The van der Waals surface area contributed by atoms with Gasteiger partial charge < -0.3 is 15.4 Å². The number of aromatic nitrogens is 1. The Bertz CT molecular complexity index is 394. The molecule has 0 aliphatic heterocycles. The zero-order chi connectivity index (χ0) is 12.7. The Kier molecular flexibility index (Phi) is 4.89. The smallest absolute Gasteiger partial charge is 0.274 e. The van der Waals surface area contributed by atoms with Crippen molar-refractivity contribution in [1.29, 1.82) is 0 Å². The third kappa shape index (κ3) is 4.07. The molecular weight excluding hydrogens is 224 g/mol. The molecule has 0 aromatic carbocycles. The number of ether oxygens (including phenoxy) is 1. The number of nitrogens with zero attached hydrogens (tertiary/aromatic N) is 2. The van der Waals surface area contributed by atoms with Gasteiger partial charge in [0.25, 0.3) is 6.20 Å². The van der Waals surface area contributed by atoms with E-state index in [4.69, 9.17) is 4.74 Å². The van der Waals surface area contributed by atoms with E-state index in [-0.39, 0.29) is 5.82 Å². The fourth-order valence-corrected chi connectivity index (χ4v) is 1.23. The lowest BCUT2D eigenvalue weighted by Gasteiger charge is -2.18. The number of methoxy groups -OCH3 is 1. The standard InChI is InChI=1S/C10H14N4O3/c1-11-9(7-14(15)16)13-10(17-2)8-4-3-5-12-6-8/h3-7,10-11,13H,1-2H3/b9-7+. The Labute approximate surface area is 98.7 Å². The van der Waals surface area contributed by atoms with E-state index in [1.807, 2.05) is 6.07 Å². The summed E-state index contributed by atoms with van der Waals surface area (Å²) in [6, 6.07) is 3.58. The van der Waals surface area contributed by atoms with Crippen molar-refractivity contribution >= 4 is 0 Å². The van der Waals surface area contributed by atoms with Crippen LogP contribution in [-0.2, 0) is 4.74 Å². The SMILES string of the molecule is CN/C(=C\[N+](=O)[O-])NC(OC)c1cccnc1. The van der Waals surface area contributed by atoms with Gasteiger partial charge in [-0.2, -0.15) is 0 Å². The van der Waals surface area contributed by atoms with Crippen LogP contribution in [-0.4, -0.2) is 24.1 Å². The highest BCUT2D eigenvalue weighted by atomic mass is 16.6. The van der Waals surface area contributed by atoms with E-state index >= 15 is 0 Å². The Balaban J connectivity index is 2.79. The summed E-state index contributed by atoms with van der Waals surface area (Å²) in [6.07, 6.45) is 3.60. The van der Waals surface area contributed by atoms with Gasteiger partial charge in [0.05, 0.1) is 4.92 Å². The molecule has 1 rings (SSSR count). The minimum atomic E-state index is -0.547. The monoisotopic (exact) mass is 238 g/mol. The molecule has 1 heterocycles. The van der Waals surface area contributed by atoms with Gasteiger partial charge in [-0.05, 0) is 6.07 Å². The van der Waals surface area contributed by atoms with E-state index in [2.05, 4.69) is 15.6 Å². The average molecular weight is 238 g/mol. The van der Waals surface area contributed by atoms with Gasteiger partial charge in [0.1, 0.15) is 0 Å². The van der Waals surface area contributed by atoms with Crippen molar-refractivity contribution in [2.45, 2.75) is 6.23 Å². The molecule has 0 fully saturated rings. The van der Waals surface area contributed by atoms with Crippen molar-refractivity contribution in [2.24, 2.45) is 0 Å². The van der Waals surface area contributed by atoms with Gasteiger partial charge in [-0.3, -0.25) is 15.1 Å². The third-order valence-electron chi connectivity index (χ3n) is 2.01. The van der Waals surface area contributed by atoms with E-state index in [0.29, 0.717) is 0 Å². The van der Waals surface area contributed by atoms with E-state index in [1.165, 1.54) is 7.11 Å². The average Bonchev–Trinajstić information content (AvgIpc) is 2.35. The van der Waals surface area contributed by atoms with Crippen LogP contribution in [0.3, 0.4) is 0 Å². The molecule has 7 nitrogen and oxygen atoms in total. The molecule has 1 aromatic rings. The first-order chi connectivity index (χ1) is 8.17. The molecule has 0 radical (unpaired) electrons. The molecule has 1 atom stereocenters. The molecule has 1 aromatic heterocycles. The maximum absolute atomic E-state index is 10.4. The van der Waals surface area contributed by atoms with Crippen molar-refractivity contribution < 1.29 is 9.66 Å². The molecule has 0 aliphatic rings. The third-order valence-corrected chi connectivity index (χ3v) is 2.01. The van der Waals surface area contributed by atoms with Gasteiger partial charge in [0.2, 0.25) is 0 Å². The van der Waals surface area contributed by atoms with Crippen LogP contribution in [0.25, 0.3) is 0 Å². The minimum Gasteiger partial charge on any atom is -0.370 e. The van der Waals surface area contributed by atoms with Gasteiger partial charge in [-0.15, -0.1) is 0 Å². The van der Waals surface area contributed by atoms with Crippen LogP contribution in [0, 0.1) is 10.1 Å². The summed E-state index contributed by atoms with van der Waals surface area (Å²) < 4.78 is 5.20. The maximum Gasteiger partial charge on any atom is 0.274 e. The summed E-state index contributed by atoms with van der Waals surface area (Å²) >= 11 is 0. The highest BCUT2D eigenvalue weighted by molar-refractivity contribution is 5.13. The highest BCUT2D eigenvalue weighted by Gasteiger charge is 2.12. The first-order valence-corrected chi connectivity index (χ1v) is 4.89. The number of hydrogen-bond donors (Lipinski definition) is 2. The van der Waals surface area contributed by atoms with Gasteiger partial charge >= 0.3 is 0 Å². The van der Waals surface area contributed by atoms with Crippen LogP contribution in [0.4, 0.5) is 0 Å². The van der Waals surface area contributed by atoms with Crippen molar-refractivity contribution in [3.8, 4) is 0 Å². The summed E-state index contributed by atoms with van der Waals surface area (Å²) in [5.74, 6) is 0.255. The second kappa shape index (κ2) is 6.44. The van der Waals surface area contributed by atoms with Crippen LogP contribution < -0.4 is 10.6 Å². The highest BCUT2D eigenvalue weighted by Crippen LogP contribution is 2.12. The van der Waals surface area contributed by atoms with Crippen LogP contribution in [0.2, 0.25) is 0 Å². The molecule has 92 valence electrons. The second-order valence-electron chi connectivity index (χ2n) is 3.12. The lowest BCUT2D eigenvalue weighted by atomic mass is 10.2. The van der Waals surface area contributed by atoms with Crippen molar-refractivity contribution in [2.75, 3.05) is 14.2 Å². The van der Waals surface area contributed by atoms with Crippen LogP contribution in [0.5, 0.6) is 0 Å². The molecule has 0 aliphatic carbocycles. The molecular formula is C10H14N4O3. The van der Waals surface area contributed by atoms with Crippen LogP contribution in [0.1, 0.15) is 11.8 Å². The zero-order valence-electron chi connectivity index (χ0n) is 9.58. The molecule has 2 N–H and O–H groups in total. The summed E-state index contributed by atoms with van der Waals surface area (Å²) in [4.78, 5) is 13.8. The maximum atomic E-state index is 10.4. The number of pyridine rings is 1. The van der Waals surface area contributed by atoms with Gasteiger partial charge in [0, 0.05) is 32.1 Å². The second-order valence-corrected chi connectivity index (χ2v) is 3.12. The van der Waals surface area contributed by atoms with E-state index in [9.17, 15) is 10.1 Å². The summed E-state index contributed by atoms with van der Waals surface area (Å²) in [5, 5.41) is 15.9. The Hall–Kier alpha value is -2.15. The largest absolute Gasteiger partial charge is 0.370 e. The topological polar surface area (TPSA) is 89.3 Å². The molecule has 17 heavy (non-hydrogen) atoms. The Morgan fingerprint density at radius 1 is 1.71 bits per heavy atom. The zero-order valence-corrected chi connectivity index (χ0v) is 9.58. The van der Waals surface area contributed by atoms with Crippen LogP contribution in [0.15, 0.2) is 36.5 Å². The first kappa shape index (κ1) is 12.9. The molecule has 7 heteroatoms. The predicted octanol–water partition coefficient (Wildman–Crippen LogP) is 0.611. The van der Waals surface area contributed by atoms with E-state index in [1.54, 1.807) is 25.5 Å². The number of nitro groups is 1. The normalized spacial score (nSPS) is 12.9. The lowest BCUT2D eigenvalue weighted by molar-refractivity contribution is -0.404. The predicted molar refractivity (Wildman–Crippen MR) is 61.3 cm³/mol. The molecule has 0 amide bonds. The summed E-state index contributed by atoms with van der Waals surface area (Å²) in [6.45, 7) is 0. The number of nitrogens with one attached hydrogen (secondary N) is 2. The van der Waals surface area contributed by atoms with Crippen LogP contribution >= 0.6 is 0 Å². The summed E-state index contributed by atoms with van der Waals surface area (Å²) in [5.41, 5.74) is 0.777. The summed E-state index contributed by atoms with van der Waals surface area (Å²) in [7, 11) is 3.09. The van der Waals surface area contributed by atoms with Gasteiger partial charge in [-0.1, -0.05) is 6.07 Å². The molecule has 0 bridgehead atoms. The van der Waals surface area contributed by atoms with Crippen molar-refractivity contribution in [3.63, 3.8) is 0 Å². The van der Waals surface area contributed by atoms with E-state index in [0.717, 1.165) is 11.8 Å². The molecule has 0 saturated carbocycles. The molecule has 1 unspecified atom stereocenters. The first-order valence-electron chi connectivity index (χ1n) is 4.89. The quantitative estimate of drug-likeness (QED) is 0.429. The fraction of sp³-hybridized carbons (Fsp3) is 0.300. The Morgan fingerprint density at radius 3 is 2.94 bits per heavy atom. The fourth-order valence-electron chi connectivity index (χ4n) is 1.23.